The number of amides is 1. The maximum atomic E-state index is 12.2. The Labute approximate surface area is 176 Å². The van der Waals surface area contributed by atoms with Gasteiger partial charge in [-0.25, -0.2) is 4.68 Å². The Morgan fingerprint density at radius 3 is 2.40 bits per heavy atom. The van der Waals surface area contributed by atoms with E-state index in [0.29, 0.717) is 25.1 Å². The fourth-order valence-electron chi connectivity index (χ4n) is 3.21. The number of benzene rings is 2. The fraction of sp³-hybridized carbons (Fsp3) is 0.292. The Bertz CT molecular complexity index is 1010. The summed E-state index contributed by atoms with van der Waals surface area (Å²) in [5.41, 5.74) is 4.95. The smallest absolute Gasteiger partial charge is 0.258 e. The van der Waals surface area contributed by atoms with Gasteiger partial charge in [0.15, 0.2) is 6.61 Å². The maximum Gasteiger partial charge on any atom is 0.258 e. The standard InChI is InChI=1S/C24H27N3O3/c1-17(28)9-10-20-11-13-22(14-12-20)30-16-24(29)25-15-23-18(2)26-27(19(23)3)21-7-5-4-6-8-21/h4-8,11-14H,9-10,15-16H2,1-3H3,(H,25,29). The molecule has 1 aromatic heterocycles. The molecular weight excluding hydrogens is 378 g/mol. The second kappa shape index (κ2) is 9.87. The van der Waals surface area contributed by atoms with Crippen LogP contribution >= 0.6 is 0 Å². The molecule has 0 aliphatic carbocycles. The molecule has 1 N–H and O–H groups in total. The Hall–Kier alpha value is -3.41. The van der Waals surface area contributed by atoms with E-state index in [1.807, 2.05) is 73.1 Å². The van der Waals surface area contributed by atoms with Gasteiger partial charge in [0, 0.05) is 24.2 Å². The van der Waals surface area contributed by atoms with Crippen LogP contribution in [0.2, 0.25) is 0 Å². The highest BCUT2D eigenvalue weighted by atomic mass is 16.5. The van der Waals surface area contributed by atoms with Crippen LogP contribution in [0.5, 0.6) is 5.75 Å². The van der Waals surface area contributed by atoms with Gasteiger partial charge in [-0.15, -0.1) is 0 Å². The van der Waals surface area contributed by atoms with Crippen LogP contribution in [-0.4, -0.2) is 28.1 Å². The van der Waals surface area contributed by atoms with E-state index in [1.165, 1.54) is 0 Å². The molecule has 0 saturated carbocycles. The molecule has 0 bridgehead atoms. The van der Waals surface area contributed by atoms with Gasteiger partial charge >= 0.3 is 0 Å². The van der Waals surface area contributed by atoms with Gasteiger partial charge in [-0.1, -0.05) is 30.3 Å². The molecule has 0 fully saturated rings. The number of carbonyl (C=O) groups is 2. The number of nitrogens with zero attached hydrogens (tertiary/aromatic N) is 2. The number of rotatable bonds is 9. The third-order valence-electron chi connectivity index (χ3n) is 4.96. The minimum Gasteiger partial charge on any atom is -0.484 e. The lowest BCUT2D eigenvalue weighted by atomic mass is 10.1. The zero-order valence-corrected chi connectivity index (χ0v) is 17.6. The second-order valence-electron chi connectivity index (χ2n) is 7.31. The van der Waals surface area contributed by atoms with Gasteiger partial charge in [-0.05, 0) is 57.0 Å². The summed E-state index contributed by atoms with van der Waals surface area (Å²) in [6.07, 6.45) is 1.24. The molecule has 6 heteroatoms. The van der Waals surface area contributed by atoms with Crippen LogP contribution in [0.3, 0.4) is 0 Å². The first kappa shape index (κ1) is 21.3. The lowest BCUT2D eigenvalue weighted by Gasteiger charge is -2.09. The van der Waals surface area contributed by atoms with Crippen molar-refractivity contribution in [2.45, 2.75) is 40.2 Å². The van der Waals surface area contributed by atoms with Gasteiger partial charge in [0.1, 0.15) is 11.5 Å². The molecule has 0 saturated heterocycles. The molecule has 2 aromatic carbocycles. The summed E-state index contributed by atoms with van der Waals surface area (Å²) < 4.78 is 7.46. The average molecular weight is 405 g/mol. The Morgan fingerprint density at radius 2 is 1.73 bits per heavy atom. The summed E-state index contributed by atoms with van der Waals surface area (Å²) in [7, 11) is 0. The van der Waals surface area contributed by atoms with E-state index >= 15 is 0 Å². The van der Waals surface area contributed by atoms with Crippen LogP contribution in [0.4, 0.5) is 0 Å². The van der Waals surface area contributed by atoms with Crippen molar-refractivity contribution in [2.24, 2.45) is 0 Å². The molecule has 1 amide bonds. The number of aryl methyl sites for hydroxylation is 2. The number of carbonyl (C=O) groups excluding carboxylic acids is 2. The van der Waals surface area contributed by atoms with Crippen molar-refractivity contribution in [2.75, 3.05) is 6.61 Å². The third-order valence-corrected chi connectivity index (χ3v) is 4.96. The van der Waals surface area contributed by atoms with E-state index in [0.717, 1.165) is 28.2 Å². The second-order valence-corrected chi connectivity index (χ2v) is 7.31. The predicted molar refractivity (Wildman–Crippen MR) is 116 cm³/mol. The van der Waals surface area contributed by atoms with E-state index in [1.54, 1.807) is 6.92 Å². The van der Waals surface area contributed by atoms with Crippen molar-refractivity contribution in [3.63, 3.8) is 0 Å². The minimum atomic E-state index is -0.193. The van der Waals surface area contributed by atoms with Gasteiger partial charge in [-0.3, -0.25) is 4.79 Å². The molecule has 0 unspecified atom stereocenters. The van der Waals surface area contributed by atoms with Gasteiger partial charge in [0.25, 0.3) is 5.91 Å². The number of hydrogen-bond donors (Lipinski definition) is 1. The molecule has 3 aromatic rings. The summed E-state index contributed by atoms with van der Waals surface area (Å²) >= 11 is 0. The van der Waals surface area contributed by atoms with Gasteiger partial charge in [0.2, 0.25) is 0 Å². The van der Waals surface area contributed by atoms with Crippen molar-refractivity contribution in [3.8, 4) is 11.4 Å². The van der Waals surface area contributed by atoms with Crippen molar-refractivity contribution in [1.29, 1.82) is 0 Å². The summed E-state index contributed by atoms with van der Waals surface area (Å²) in [5.74, 6) is 0.606. The SMILES string of the molecule is CC(=O)CCc1ccc(OCC(=O)NCc2c(C)nn(-c3ccccc3)c2C)cc1. The highest BCUT2D eigenvalue weighted by molar-refractivity contribution is 5.77. The summed E-state index contributed by atoms with van der Waals surface area (Å²) in [4.78, 5) is 23.3. The van der Waals surface area contributed by atoms with Gasteiger partial charge < -0.3 is 14.8 Å². The summed E-state index contributed by atoms with van der Waals surface area (Å²) in [5, 5.41) is 7.50. The van der Waals surface area contributed by atoms with Crippen molar-refractivity contribution in [3.05, 3.63) is 77.1 Å². The van der Waals surface area contributed by atoms with Crippen LogP contribution in [0.1, 0.15) is 35.9 Å². The van der Waals surface area contributed by atoms with E-state index in [9.17, 15) is 9.59 Å². The number of para-hydroxylation sites is 1. The maximum absolute atomic E-state index is 12.2. The van der Waals surface area contributed by atoms with Crippen molar-refractivity contribution >= 4 is 11.7 Å². The van der Waals surface area contributed by atoms with Gasteiger partial charge in [-0.2, -0.15) is 5.10 Å². The van der Waals surface area contributed by atoms with Crippen LogP contribution < -0.4 is 10.1 Å². The predicted octanol–water partition coefficient (Wildman–Crippen LogP) is 3.71. The van der Waals surface area contributed by atoms with E-state index in [4.69, 9.17) is 4.74 Å². The Balaban J connectivity index is 1.52. The molecule has 0 atom stereocenters. The molecule has 1 heterocycles. The monoisotopic (exact) mass is 405 g/mol. The first-order chi connectivity index (χ1) is 14.4. The first-order valence-corrected chi connectivity index (χ1v) is 10.0. The highest BCUT2D eigenvalue weighted by Gasteiger charge is 2.14. The van der Waals surface area contributed by atoms with Gasteiger partial charge in [0.05, 0.1) is 11.4 Å². The summed E-state index contributed by atoms with van der Waals surface area (Å²) in [6, 6.07) is 17.4. The van der Waals surface area contributed by atoms with E-state index in [-0.39, 0.29) is 18.3 Å². The van der Waals surface area contributed by atoms with Crippen LogP contribution in [0.25, 0.3) is 5.69 Å². The lowest BCUT2D eigenvalue weighted by Crippen LogP contribution is -2.28. The molecule has 0 aliphatic rings. The highest BCUT2D eigenvalue weighted by Crippen LogP contribution is 2.18. The number of ether oxygens (including phenoxy) is 1. The quantitative estimate of drug-likeness (QED) is 0.589. The number of Topliss-reactive ketones (excluding diaryl/α,β-unsaturated/α-hetero) is 1. The van der Waals surface area contributed by atoms with Crippen LogP contribution in [-0.2, 0) is 22.6 Å². The minimum absolute atomic E-state index is 0.0578. The van der Waals surface area contributed by atoms with E-state index < -0.39 is 0 Å². The molecule has 0 radical (unpaired) electrons. The van der Waals surface area contributed by atoms with Crippen LogP contribution in [0, 0.1) is 13.8 Å². The molecule has 6 nitrogen and oxygen atoms in total. The fourth-order valence-corrected chi connectivity index (χ4v) is 3.21. The third kappa shape index (κ3) is 5.56. The van der Waals surface area contributed by atoms with Crippen molar-refractivity contribution < 1.29 is 14.3 Å². The number of nitrogens with one attached hydrogen (secondary N) is 1. The number of hydrogen-bond acceptors (Lipinski definition) is 4. The lowest BCUT2D eigenvalue weighted by molar-refractivity contribution is -0.123. The largest absolute Gasteiger partial charge is 0.484 e. The topological polar surface area (TPSA) is 73.2 Å². The molecule has 0 aliphatic heterocycles. The van der Waals surface area contributed by atoms with Crippen molar-refractivity contribution in [1.82, 2.24) is 15.1 Å². The molecule has 3 rings (SSSR count). The molecule has 30 heavy (non-hydrogen) atoms. The average Bonchev–Trinajstić information content (AvgIpc) is 3.04. The number of ketones is 1. The number of aromatic nitrogens is 2. The Kier molecular flexibility index (Phi) is 7.01. The van der Waals surface area contributed by atoms with Crippen LogP contribution in [0.15, 0.2) is 54.6 Å². The summed E-state index contributed by atoms with van der Waals surface area (Å²) in [6.45, 7) is 5.87. The Morgan fingerprint density at radius 1 is 1.03 bits per heavy atom. The molecular formula is C24H27N3O3. The normalized spacial score (nSPS) is 10.6. The zero-order chi connectivity index (χ0) is 21.5. The zero-order valence-electron chi connectivity index (χ0n) is 17.6. The molecule has 156 valence electrons. The first-order valence-electron chi connectivity index (χ1n) is 10.0. The van der Waals surface area contributed by atoms with E-state index in [2.05, 4.69) is 10.4 Å². The molecule has 0 spiro atoms.